The van der Waals surface area contributed by atoms with Crippen molar-refractivity contribution in [1.29, 1.82) is 0 Å². The van der Waals surface area contributed by atoms with Crippen molar-refractivity contribution < 1.29 is 14.6 Å². The van der Waals surface area contributed by atoms with Gasteiger partial charge in [-0.25, -0.2) is 0 Å². The Kier molecular flexibility index (Phi) is 6.70. The normalized spacial score (nSPS) is 25.8. The molecule has 5 nitrogen and oxygen atoms in total. The van der Waals surface area contributed by atoms with E-state index in [1.54, 1.807) is 0 Å². The first kappa shape index (κ1) is 18.6. The third-order valence-electron chi connectivity index (χ3n) is 5.18. The molecule has 0 saturated carbocycles. The Hall–Kier alpha value is -1.14. The molecule has 3 rings (SSSR count). The quantitative estimate of drug-likeness (QED) is 0.814. The third-order valence-corrected chi connectivity index (χ3v) is 5.18. The minimum atomic E-state index is -0.776. The van der Waals surface area contributed by atoms with Crippen LogP contribution in [0.25, 0.3) is 0 Å². The van der Waals surface area contributed by atoms with Crippen LogP contribution in [0.4, 0.5) is 0 Å². The zero-order valence-electron chi connectivity index (χ0n) is 15.5. The van der Waals surface area contributed by atoms with E-state index in [1.807, 2.05) is 12.1 Å². The van der Waals surface area contributed by atoms with Gasteiger partial charge in [-0.15, -0.1) is 0 Å². The molecule has 0 spiro atoms. The number of rotatable bonds is 7. The second-order valence-corrected chi connectivity index (χ2v) is 7.35. The summed E-state index contributed by atoms with van der Waals surface area (Å²) in [5, 5.41) is 11.0. The zero-order chi connectivity index (χ0) is 17.5. The predicted octanol–water partition coefficient (Wildman–Crippen LogP) is 1.79. The van der Waals surface area contributed by atoms with Crippen LogP contribution in [0.3, 0.4) is 0 Å². The highest BCUT2D eigenvalue weighted by molar-refractivity contribution is 5.33. The SMILES string of the molecule is CCc1ccccc1OCCN1CCOC[C@@](O)(CN2CCCC2)C1. The number of ether oxygens (including phenoxy) is 2. The fourth-order valence-electron chi connectivity index (χ4n) is 3.86. The molecular weight excluding hydrogens is 316 g/mol. The summed E-state index contributed by atoms with van der Waals surface area (Å²) in [7, 11) is 0. The van der Waals surface area contributed by atoms with Gasteiger partial charge in [0.15, 0.2) is 0 Å². The van der Waals surface area contributed by atoms with Crippen molar-refractivity contribution in [2.45, 2.75) is 31.8 Å². The summed E-state index contributed by atoms with van der Waals surface area (Å²) in [5.41, 5.74) is 0.467. The van der Waals surface area contributed by atoms with Gasteiger partial charge in [0.05, 0.1) is 13.2 Å². The van der Waals surface area contributed by atoms with Gasteiger partial charge in [0, 0.05) is 26.2 Å². The summed E-state index contributed by atoms with van der Waals surface area (Å²) in [6, 6.07) is 8.22. The lowest BCUT2D eigenvalue weighted by atomic mass is 10.0. The van der Waals surface area contributed by atoms with Crippen molar-refractivity contribution >= 4 is 0 Å². The molecule has 0 unspecified atom stereocenters. The van der Waals surface area contributed by atoms with Crippen molar-refractivity contribution in [2.24, 2.45) is 0 Å². The highest BCUT2D eigenvalue weighted by Crippen LogP contribution is 2.20. The van der Waals surface area contributed by atoms with E-state index in [1.165, 1.54) is 18.4 Å². The molecule has 0 amide bonds. The average Bonchev–Trinajstić information content (AvgIpc) is 3.04. The Morgan fingerprint density at radius 3 is 2.76 bits per heavy atom. The van der Waals surface area contributed by atoms with E-state index in [4.69, 9.17) is 9.47 Å². The van der Waals surface area contributed by atoms with Crippen molar-refractivity contribution in [3.63, 3.8) is 0 Å². The lowest BCUT2D eigenvalue weighted by molar-refractivity contribution is -0.0547. The molecule has 0 aliphatic carbocycles. The van der Waals surface area contributed by atoms with Gasteiger partial charge in [-0.05, 0) is 44.0 Å². The molecule has 1 N–H and O–H groups in total. The molecule has 2 saturated heterocycles. The molecule has 5 heteroatoms. The first-order valence-electron chi connectivity index (χ1n) is 9.64. The zero-order valence-corrected chi connectivity index (χ0v) is 15.5. The van der Waals surface area contributed by atoms with Crippen LogP contribution in [0.1, 0.15) is 25.3 Å². The van der Waals surface area contributed by atoms with E-state index in [2.05, 4.69) is 28.9 Å². The summed E-state index contributed by atoms with van der Waals surface area (Å²) < 4.78 is 11.7. The Balaban J connectivity index is 1.50. The number of β-amino-alcohol motifs (C(OH)–C–C–N with tert-alkyl or cyclic N) is 1. The molecule has 0 bridgehead atoms. The van der Waals surface area contributed by atoms with E-state index < -0.39 is 5.60 Å². The third kappa shape index (κ3) is 5.42. The first-order chi connectivity index (χ1) is 12.2. The second kappa shape index (κ2) is 8.99. The largest absolute Gasteiger partial charge is 0.492 e. The summed E-state index contributed by atoms with van der Waals surface area (Å²) in [6.45, 7) is 9.10. The van der Waals surface area contributed by atoms with Crippen molar-refractivity contribution in [1.82, 2.24) is 9.80 Å². The molecule has 0 radical (unpaired) electrons. The highest BCUT2D eigenvalue weighted by atomic mass is 16.5. The molecule has 25 heavy (non-hydrogen) atoms. The Morgan fingerprint density at radius 1 is 1.16 bits per heavy atom. The van der Waals surface area contributed by atoms with Crippen LogP contribution in [0, 0.1) is 0 Å². The molecule has 0 aromatic heterocycles. The van der Waals surface area contributed by atoms with Crippen LogP contribution in [0.5, 0.6) is 5.75 Å². The van der Waals surface area contributed by atoms with Gasteiger partial charge in [-0.2, -0.15) is 0 Å². The van der Waals surface area contributed by atoms with Crippen LogP contribution in [0.2, 0.25) is 0 Å². The maximum absolute atomic E-state index is 11.0. The number of nitrogens with zero attached hydrogens (tertiary/aromatic N) is 2. The van der Waals surface area contributed by atoms with E-state index in [0.29, 0.717) is 32.9 Å². The maximum atomic E-state index is 11.0. The van der Waals surface area contributed by atoms with Gasteiger partial charge in [0.2, 0.25) is 0 Å². The summed E-state index contributed by atoms with van der Waals surface area (Å²) in [5.74, 6) is 0.975. The monoisotopic (exact) mass is 348 g/mol. The van der Waals surface area contributed by atoms with Gasteiger partial charge in [0.1, 0.15) is 18.0 Å². The lowest BCUT2D eigenvalue weighted by Crippen LogP contribution is -2.52. The molecule has 1 aromatic carbocycles. The van der Waals surface area contributed by atoms with E-state index >= 15 is 0 Å². The fourth-order valence-corrected chi connectivity index (χ4v) is 3.86. The fraction of sp³-hybridized carbons (Fsp3) is 0.700. The number of aryl methyl sites for hydroxylation is 1. The van der Waals surface area contributed by atoms with Crippen LogP contribution >= 0.6 is 0 Å². The molecule has 1 aromatic rings. The topological polar surface area (TPSA) is 45.2 Å². The molecule has 1 atom stereocenters. The summed E-state index contributed by atoms with van der Waals surface area (Å²) >= 11 is 0. The van der Waals surface area contributed by atoms with Crippen molar-refractivity contribution in [3.8, 4) is 5.75 Å². The maximum Gasteiger partial charge on any atom is 0.122 e. The van der Waals surface area contributed by atoms with Gasteiger partial charge < -0.3 is 19.5 Å². The van der Waals surface area contributed by atoms with E-state index in [0.717, 1.165) is 38.3 Å². The van der Waals surface area contributed by atoms with E-state index in [9.17, 15) is 5.11 Å². The Labute approximate surface area is 151 Å². The lowest BCUT2D eigenvalue weighted by Gasteiger charge is -2.34. The number of para-hydroxylation sites is 1. The van der Waals surface area contributed by atoms with E-state index in [-0.39, 0.29) is 0 Å². The predicted molar refractivity (Wildman–Crippen MR) is 99.2 cm³/mol. The second-order valence-electron chi connectivity index (χ2n) is 7.35. The number of aliphatic hydroxyl groups is 1. The van der Waals surface area contributed by atoms with Crippen molar-refractivity contribution in [2.75, 3.05) is 59.1 Å². The van der Waals surface area contributed by atoms with Crippen molar-refractivity contribution in [3.05, 3.63) is 29.8 Å². The molecule has 2 heterocycles. The molecule has 2 aliphatic heterocycles. The molecule has 2 fully saturated rings. The smallest absolute Gasteiger partial charge is 0.122 e. The number of benzene rings is 1. The molecular formula is C20H32N2O3. The van der Waals surface area contributed by atoms with Gasteiger partial charge in [0.25, 0.3) is 0 Å². The highest BCUT2D eigenvalue weighted by Gasteiger charge is 2.35. The standard InChI is InChI=1S/C20H32N2O3/c1-2-18-7-3-4-8-19(18)25-14-12-22-11-13-24-17-20(23,16-22)15-21-9-5-6-10-21/h3-4,7-8,23H,2,5-6,9-17H2,1H3/t20-/m1/s1. The number of hydrogen-bond acceptors (Lipinski definition) is 5. The Bertz CT molecular complexity index is 533. The van der Waals surface area contributed by atoms with Gasteiger partial charge >= 0.3 is 0 Å². The molecule has 2 aliphatic rings. The van der Waals surface area contributed by atoms with Gasteiger partial charge in [-0.1, -0.05) is 25.1 Å². The number of likely N-dealkylation sites (tertiary alicyclic amines) is 1. The summed E-state index contributed by atoms with van der Waals surface area (Å²) in [4.78, 5) is 4.64. The first-order valence-corrected chi connectivity index (χ1v) is 9.64. The Morgan fingerprint density at radius 2 is 1.96 bits per heavy atom. The van der Waals surface area contributed by atoms with Crippen LogP contribution in [-0.4, -0.2) is 79.6 Å². The average molecular weight is 348 g/mol. The minimum absolute atomic E-state index is 0.430. The number of hydrogen-bond donors (Lipinski definition) is 1. The minimum Gasteiger partial charge on any atom is -0.492 e. The van der Waals surface area contributed by atoms with Crippen LogP contribution in [-0.2, 0) is 11.2 Å². The van der Waals surface area contributed by atoms with Crippen LogP contribution in [0.15, 0.2) is 24.3 Å². The van der Waals surface area contributed by atoms with Crippen LogP contribution < -0.4 is 4.74 Å². The van der Waals surface area contributed by atoms with Gasteiger partial charge in [-0.3, -0.25) is 4.90 Å². The molecule has 140 valence electrons. The summed E-state index contributed by atoms with van der Waals surface area (Å²) in [6.07, 6.45) is 3.46.